The number of nitrogens with zero attached hydrogens (tertiary/aromatic N) is 1. The Morgan fingerprint density at radius 2 is 1.71 bits per heavy atom. The zero-order chi connectivity index (χ0) is 21.6. The number of hydrogen-bond acceptors (Lipinski definition) is 5. The Kier molecular flexibility index (Phi) is 5.98. The fourth-order valence-electron chi connectivity index (χ4n) is 3.56. The molecule has 1 aliphatic heterocycles. The van der Waals surface area contributed by atoms with Crippen LogP contribution in [-0.2, 0) is 11.2 Å². The van der Waals surface area contributed by atoms with Crippen molar-refractivity contribution >= 4 is 29.1 Å². The van der Waals surface area contributed by atoms with Crippen LogP contribution < -0.4 is 21.1 Å². The molecule has 0 saturated carbocycles. The number of benzene rings is 2. The van der Waals surface area contributed by atoms with E-state index in [1.807, 2.05) is 23.1 Å². The van der Waals surface area contributed by atoms with Crippen LogP contribution in [0.3, 0.4) is 0 Å². The molecule has 3 aromatic rings. The summed E-state index contributed by atoms with van der Waals surface area (Å²) in [6.45, 7) is 0.911. The Bertz CT molecular complexity index is 1090. The summed E-state index contributed by atoms with van der Waals surface area (Å²) in [4.78, 5) is 39.3. The van der Waals surface area contributed by atoms with Crippen LogP contribution in [0, 0.1) is 0 Å². The number of hydrogen-bond donors (Lipinski definition) is 3. The molecule has 2 heterocycles. The van der Waals surface area contributed by atoms with Crippen LogP contribution in [0.2, 0.25) is 0 Å². The number of anilines is 2. The van der Waals surface area contributed by atoms with E-state index >= 15 is 0 Å². The lowest BCUT2D eigenvalue weighted by molar-refractivity contribution is -0.120. The maximum Gasteiger partial charge on any atom is 0.291 e. The Balaban J connectivity index is 1.36. The number of rotatable bonds is 5. The van der Waals surface area contributed by atoms with E-state index in [0.29, 0.717) is 5.69 Å². The quantitative estimate of drug-likeness (QED) is 0.553. The summed E-state index contributed by atoms with van der Waals surface area (Å²) in [6.07, 6.45) is 3.36. The van der Waals surface area contributed by atoms with Crippen LogP contribution in [0.5, 0.6) is 0 Å². The lowest BCUT2D eigenvalue weighted by Gasteiger charge is -2.30. The average molecular weight is 418 g/mol. The Hall–Kier alpha value is -4.07. The van der Waals surface area contributed by atoms with Gasteiger partial charge < -0.3 is 14.6 Å². The minimum atomic E-state index is -0.539. The zero-order valence-electron chi connectivity index (χ0n) is 16.8. The SMILES string of the molecule is O=C(CN1CCCc2ccccc21)NNC(=O)c1ccccc1NC(=O)c1ccco1. The molecule has 0 aliphatic carbocycles. The van der Waals surface area contributed by atoms with E-state index < -0.39 is 11.8 Å². The van der Waals surface area contributed by atoms with E-state index in [4.69, 9.17) is 4.42 Å². The summed E-state index contributed by atoms with van der Waals surface area (Å²) in [6, 6.07) is 17.6. The number of carbonyl (C=O) groups excluding carboxylic acids is 3. The van der Waals surface area contributed by atoms with E-state index in [1.165, 1.54) is 17.9 Å². The van der Waals surface area contributed by atoms with Crippen LogP contribution in [0.1, 0.15) is 32.9 Å². The molecule has 1 aromatic heterocycles. The number of hydrazine groups is 1. The van der Waals surface area contributed by atoms with Crippen LogP contribution in [0.15, 0.2) is 71.3 Å². The molecular weight excluding hydrogens is 396 g/mol. The lowest BCUT2D eigenvalue weighted by atomic mass is 10.0. The van der Waals surface area contributed by atoms with Gasteiger partial charge in [-0.3, -0.25) is 25.2 Å². The molecule has 0 spiro atoms. The third kappa shape index (κ3) is 4.75. The normalized spacial score (nSPS) is 12.6. The largest absolute Gasteiger partial charge is 0.459 e. The Morgan fingerprint density at radius 1 is 0.903 bits per heavy atom. The standard InChI is InChI=1S/C23H22N4O4/c28-21(15-27-13-5-8-16-7-1-4-11-19(16)27)25-26-22(29)17-9-2-3-10-18(17)24-23(30)20-12-6-14-31-20/h1-4,6-7,9-12,14H,5,8,13,15H2,(H,24,30)(H,25,28)(H,26,29). The first kappa shape index (κ1) is 20.2. The first-order valence-corrected chi connectivity index (χ1v) is 9.98. The van der Waals surface area contributed by atoms with Gasteiger partial charge in [0.25, 0.3) is 17.7 Å². The second-order valence-electron chi connectivity index (χ2n) is 7.13. The molecule has 8 nitrogen and oxygen atoms in total. The van der Waals surface area contributed by atoms with Gasteiger partial charge in [-0.15, -0.1) is 0 Å². The van der Waals surface area contributed by atoms with E-state index in [2.05, 4.69) is 22.2 Å². The molecule has 4 rings (SSSR count). The van der Waals surface area contributed by atoms with Gasteiger partial charge >= 0.3 is 0 Å². The third-order valence-electron chi connectivity index (χ3n) is 5.02. The lowest BCUT2D eigenvalue weighted by Crippen LogP contribution is -2.47. The van der Waals surface area contributed by atoms with Gasteiger partial charge in [-0.2, -0.15) is 0 Å². The Morgan fingerprint density at radius 3 is 2.55 bits per heavy atom. The van der Waals surface area contributed by atoms with Crippen molar-refractivity contribution in [2.24, 2.45) is 0 Å². The van der Waals surface area contributed by atoms with Gasteiger partial charge in [0.2, 0.25) is 0 Å². The molecule has 31 heavy (non-hydrogen) atoms. The van der Waals surface area contributed by atoms with Crippen LogP contribution in [-0.4, -0.2) is 30.8 Å². The molecule has 1 aliphatic rings. The number of furan rings is 1. The van der Waals surface area contributed by atoms with Crippen LogP contribution >= 0.6 is 0 Å². The Labute approximate surface area is 179 Å². The first-order chi connectivity index (χ1) is 15.1. The van der Waals surface area contributed by atoms with Gasteiger partial charge in [-0.1, -0.05) is 30.3 Å². The van der Waals surface area contributed by atoms with Crippen molar-refractivity contribution in [2.45, 2.75) is 12.8 Å². The van der Waals surface area contributed by atoms with Crippen molar-refractivity contribution in [3.05, 3.63) is 83.8 Å². The minimum absolute atomic E-state index is 0.130. The van der Waals surface area contributed by atoms with Crippen molar-refractivity contribution in [1.29, 1.82) is 0 Å². The van der Waals surface area contributed by atoms with Crippen molar-refractivity contribution < 1.29 is 18.8 Å². The number of nitrogens with one attached hydrogen (secondary N) is 3. The van der Waals surface area contributed by atoms with E-state index in [-0.39, 0.29) is 23.8 Å². The van der Waals surface area contributed by atoms with Gasteiger partial charge in [-0.25, -0.2) is 0 Å². The maximum absolute atomic E-state index is 12.6. The molecule has 0 saturated heterocycles. The van der Waals surface area contributed by atoms with Gasteiger partial charge in [0, 0.05) is 12.2 Å². The molecule has 2 aromatic carbocycles. The number of amides is 3. The second kappa shape index (κ2) is 9.17. The second-order valence-corrected chi connectivity index (χ2v) is 7.13. The molecule has 0 atom stereocenters. The minimum Gasteiger partial charge on any atom is -0.459 e. The van der Waals surface area contributed by atoms with Crippen molar-refractivity contribution in [2.75, 3.05) is 23.3 Å². The molecule has 3 amide bonds. The molecular formula is C23H22N4O4. The average Bonchev–Trinajstić information content (AvgIpc) is 3.33. The van der Waals surface area contributed by atoms with Crippen molar-refractivity contribution in [3.8, 4) is 0 Å². The van der Waals surface area contributed by atoms with Crippen LogP contribution in [0.25, 0.3) is 0 Å². The molecule has 0 unspecified atom stereocenters. The van der Waals surface area contributed by atoms with E-state index in [0.717, 1.165) is 25.1 Å². The molecule has 8 heteroatoms. The summed E-state index contributed by atoms with van der Waals surface area (Å²) in [5.74, 6) is -1.21. The third-order valence-corrected chi connectivity index (χ3v) is 5.02. The predicted molar refractivity (Wildman–Crippen MR) is 116 cm³/mol. The maximum atomic E-state index is 12.6. The van der Waals surface area contributed by atoms with Gasteiger partial charge in [0.1, 0.15) is 0 Å². The van der Waals surface area contributed by atoms with Crippen molar-refractivity contribution in [3.63, 3.8) is 0 Å². The molecule has 0 radical (unpaired) electrons. The van der Waals surface area contributed by atoms with Crippen LogP contribution in [0.4, 0.5) is 11.4 Å². The monoisotopic (exact) mass is 418 g/mol. The van der Waals surface area contributed by atoms with E-state index in [1.54, 1.807) is 30.3 Å². The summed E-state index contributed by atoms with van der Waals surface area (Å²) in [7, 11) is 0. The number of carbonyl (C=O) groups is 3. The summed E-state index contributed by atoms with van der Waals surface area (Å²) in [5, 5.41) is 2.64. The predicted octanol–water partition coefficient (Wildman–Crippen LogP) is 2.75. The first-order valence-electron chi connectivity index (χ1n) is 9.98. The zero-order valence-corrected chi connectivity index (χ0v) is 16.8. The number of aryl methyl sites for hydroxylation is 1. The number of fused-ring (bicyclic) bond motifs is 1. The fraction of sp³-hybridized carbons (Fsp3) is 0.174. The number of para-hydroxylation sites is 2. The smallest absolute Gasteiger partial charge is 0.291 e. The van der Waals surface area contributed by atoms with E-state index in [9.17, 15) is 14.4 Å². The van der Waals surface area contributed by atoms with Gasteiger partial charge in [-0.05, 0) is 48.7 Å². The highest BCUT2D eigenvalue weighted by atomic mass is 16.3. The molecule has 0 fully saturated rings. The van der Waals surface area contributed by atoms with Gasteiger partial charge in [0.15, 0.2) is 5.76 Å². The highest BCUT2D eigenvalue weighted by Crippen LogP contribution is 2.26. The summed E-state index contributed by atoms with van der Waals surface area (Å²) in [5.41, 5.74) is 7.65. The van der Waals surface area contributed by atoms with Gasteiger partial charge in [0.05, 0.1) is 24.1 Å². The van der Waals surface area contributed by atoms with Crippen molar-refractivity contribution in [1.82, 2.24) is 10.9 Å². The molecule has 158 valence electrons. The fourth-order valence-corrected chi connectivity index (χ4v) is 3.56. The highest BCUT2D eigenvalue weighted by Gasteiger charge is 2.20. The topological polar surface area (TPSA) is 104 Å². The molecule has 3 N–H and O–H groups in total. The molecule has 0 bridgehead atoms. The summed E-state index contributed by atoms with van der Waals surface area (Å²) >= 11 is 0. The summed E-state index contributed by atoms with van der Waals surface area (Å²) < 4.78 is 5.07. The highest BCUT2D eigenvalue weighted by molar-refractivity contribution is 6.08.